The Bertz CT molecular complexity index is 350. The van der Waals surface area contributed by atoms with Crippen molar-refractivity contribution in [3.63, 3.8) is 0 Å². The smallest absolute Gasteiger partial charge is 0.309 e. The molecule has 2 unspecified atom stereocenters. The van der Waals surface area contributed by atoms with Gasteiger partial charge in [-0.3, -0.25) is 4.79 Å². The van der Waals surface area contributed by atoms with Crippen molar-refractivity contribution in [3.8, 4) is 0 Å². The lowest BCUT2D eigenvalue weighted by molar-refractivity contribution is -0.168. The molecular weight excluding hydrogens is 256 g/mol. The maximum absolute atomic E-state index is 12.5. The number of ether oxygens (including phenoxy) is 3. The summed E-state index contributed by atoms with van der Waals surface area (Å²) < 4.78 is 17.1. The second-order valence-electron chi connectivity index (χ2n) is 7.41. The van der Waals surface area contributed by atoms with Crippen LogP contribution in [0.1, 0.15) is 53.9 Å². The summed E-state index contributed by atoms with van der Waals surface area (Å²) in [5, 5.41) is 0. The molecule has 0 amide bonds. The molecule has 0 aromatic carbocycles. The molecule has 4 nitrogen and oxygen atoms in total. The third kappa shape index (κ3) is 3.53. The van der Waals surface area contributed by atoms with E-state index in [4.69, 9.17) is 14.2 Å². The van der Waals surface area contributed by atoms with Crippen LogP contribution in [0.25, 0.3) is 0 Å². The summed E-state index contributed by atoms with van der Waals surface area (Å²) in [6, 6.07) is 0. The summed E-state index contributed by atoms with van der Waals surface area (Å²) in [5.74, 6) is 0.00288. The van der Waals surface area contributed by atoms with E-state index in [1.54, 1.807) is 0 Å². The van der Waals surface area contributed by atoms with Crippen molar-refractivity contribution in [2.24, 2.45) is 17.8 Å². The molecule has 4 heteroatoms. The second-order valence-corrected chi connectivity index (χ2v) is 7.41. The minimum atomic E-state index is -0.430. The van der Waals surface area contributed by atoms with Gasteiger partial charge < -0.3 is 14.2 Å². The third-order valence-electron chi connectivity index (χ3n) is 4.19. The lowest BCUT2D eigenvalue weighted by Gasteiger charge is -2.30. The van der Waals surface area contributed by atoms with Gasteiger partial charge in [-0.2, -0.15) is 0 Å². The van der Waals surface area contributed by atoms with Gasteiger partial charge in [-0.1, -0.05) is 13.8 Å². The fraction of sp³-hybridized carbons (Fsp3) is 0.938. The van der Waals surface area contributed by atoms with Gasteiger partial charge in [-0.25, -0.2) is 0 Å². The molecule has 0 aromatic rings. The van der Waals surface area contributed by atoms with E-state index >= 15 is 0 Å². The van der Waals surface area contributed by atoms with E-state index < -0.39 is 11.4 Å². The van der Waals surface area contributed by atoms with E-state index in [0.717, 1.165) is 19.3 Å². The van der Waals surface area contributed by atoms with Crippen molar-refractivity contribution in [1.82, 2.24) is 0 Å². The Labute approximate surface area is 122 Å². The van der Waals surface area contributed by atoms with Crippen LogP contribution in [-0.2, 0) is 19.0 Å². The molecule has 2 atom stereocenters. The van der Waals surface area contributed by atoms with Crippen molar-refractivity contribution in [1.29, 1.82) is 0 Å². The Morgan fingerprint density at radius 1 is 1.25 bits per heavy atom. The molecule has 20 heavy (non-hydrogen) atoms. The predicted octanol–water partition coefficient (Wildman–Crippen LogP) is 3.14. The van der Waals surface area contributed by atoms with Crippen LogP contribution in [0.15, 0.2) is 0 Å². The summed E-state index contributed by atoms with van der Waals surface area (Å²) >= 11 is 0. The highest BCUT2D eigenvalue weighted by atomic mass is 16.7. The summed E-state index contributed by atoms with van der Waals surface area (Å²) in [5.41, 5.74) is -0.430. The zero-order chi connectivity index (χ0) is 15.0. The number of carbonyl (C=O) groups excluding carboxylic acids is 1. The molecule has 1 saturated carbocycles. The fourth-order valence-electron chi connectivity index (χ4n) is 3.45. The minimum Gasteiger partial charge on any atom is -0.460 e. The molecule has 116 valence electrons. The number of carbonyl (C=O) groups is 1. The number of rotatable bonds is 3. The monoisotopic (exact) mass is 284 g/mol. The topological polar surface area (TPSA) is 44.8 Å². The SMILES string of the molecule is CC(C)C(C(=O)OC(C)(C)C)C1CCC2(C1)OCCO2. The Morgan fingerprint density at radius 2 is 1.85 bits per heavy atom. The minimum absolute atomic E-state index is 0.0681. The molecule has 0 aromatic heterocycles. The Balaban J connectivity index is 2.04. The molecule has 1 saturated heterocycles. The Kier molecular flexibility index (Phi) is 4.45. The van der Waals surface area contributed by atoms with Gasteiger partial charge in [0.25, 0.3) is 0 Å². The van der Waals surface area contributed by atoms with E-state index in [0.29, 0.717) is 19.1 Å². The van der Waals surface area contributed by atoms with E-state index in [2.05, 4.69) is 13.8 Å². The first-order valence-corrected chi connectivity index (χ1v) is 7.73. The van der Waals surface area contributed by atoms with E-state index in [1.165, 1.54) is 0 Å². The molecular formula is C16H28O4. The molecule has 0 N–H and O–H groups in total. The highest BCUT2D eigenvalue weighted by molar-refractivity contribution is 5.73. The van der Waals surface area contributed by atoms with Crippen molar-refractivity contribution in [2.75, 3.05) is 13.2 Å². The highest BCUT2D eigenvalue weighted by Gasteiger charge is 2.48. The molecule has 2 rings (SSSR count). The molecule has 1 aliphatic heterocycles. The largest absolute Gasteiger partial charge is 0.460 e. The zero-order valence-corrected chi connectivity index (χ0v) is 13.4. The summed E-state index contributed by atoms with van der Waals surface area (Å²) in [6.45, 7) is 11.3. The lowest BCUT2D eigenvalue weighted by atomic mass is 9.82. The maximum Gasteiger partial charge on any atom is 0.309 e. The average molecular weight is 284 g/mol. The van der Waals surface area contributed by atoms with Crippen LogP contribution < -0.4 is 0 Å². The first kappa shape index (κ1) is 15.8. The van der Waals surface area contributed by atoms with Crippen LogP contribution in [0.4, 0.5) is 0 Å². The molecule has 1 aliphatic carbocycles. The van der Waals surface area contributed by atoms with Crippen molar-refractivity contribution in [2.45, 2.75) is 65.3 Å². The van der Waals surface area contributed by atoms with Gasteiger partial charge in [0.2, 0.25) is 0 Å². The zero-order valence-electron chi connectivity index (χ0n) is 13.4. The molecule has 1 spiro atoms. The lowest BCUT2D eigenvalue weighted by Crippen LogP contribution is -2.36. The van der Waals surface area contributed by atoms with Crippen molar-refractivity contribution >= 4 is 5.97 Å². The van der Waals surface area contributed by atoms with E-state index in [1.807, 2.05) is 20.8 Å². The van der Waals surface area contributed by atoms with E-state index in [9.17, 15) is 4.79 Å². The average Bonchev–Trinajstić information content (AvgIpc) is 2.87. The summed E-state index contributed by atoms with van der Waals surface area (Å²) in [7, 11) is 0. The molecule has 2 aliphatic rings. The summed E-state index contributed by atoms with van der Waals surface area (Å²) in [4.78, 5) is 12.5. The van der Waals surface area contributed by atoms with Gasteiger partial charge in [0.1, 0.15) is 5.60 Å². The third-order valence-corrected chi connectivity index (χ3v) is 4.19. The van der Waals surface area contributed by atoms with Crippen LogP contribution >= 0.6 is 0 Å². The fourth-order valence-corrected chi connectivity index (χ4v) is 3.45. The van der Waals surface area contributed by atoms with E-state index in [-0.39, 0.29) is 17.8 Å². The van der Waals surface area contributed by atoms with Gasteiger partial charge in [0.15, 0.2) is 5.79 Å². The molecule has 2 fully saturated rings. The van der Waals surface area contributed by atoms with Crippen LogP contribution in [-0.4, -0.2) is 30.6 Å². The number of hydrogen-bond acceptors (Lipinski definition) is 4. The quantitative estimate of drug-likeness (QED) is 0.747. The maximum atomic E-state index is 12.5. The van der Waals surface area contributed by atoms with Crippen LogP contribution in [0.5, 0.6) is 0 Å². The summed E-state index contributed by atoms with van der Waals surface area (Å²) in [6.07, 6.45) is 2.68. The second kappa shape index (κ2) is 5.64. The highest BCUT2D eigenvalue weighted by Crippen LogP contribution is 2.46. The van der Waals surface area contributed by atoms with Crippen LogP contribution in [0.3, 0.4) is 0 Å². The first-order valence-electron chi connectivity index (χ1n) is 7.73. The standard InChI is InChI=1S/C16H28O4/c1-11(2)13(14(17)20-15(3,4)5)12-6-7-16(10-12)18-8-9-19-16/h11-13H,6-10H2,1-5H3. The predicted molar refractivity (Wildman–Crippen MR) is 76.1 cm³/mol. The first-order chi connectivity index (χ1) is 9.22. The normalized spacial score (nSPS) is 27.2. The van der Waals surface area contributed by atoms with Gasteiger partial charge in [-0.15, -0.1) is 0 Å². The van der Waals surface area contributed by atoms with Crippen LogP contribution in [0.2, 0.25) is 0 Å². The van der Waals surface area contributed by atoms with Crippen molar-refractivity contribution in [3.05, 3.63) is 0 Å². The molecule has 0 bridgehead atoms. The molecule has 0 radical (unpaired) electrons. The Morgan fingerprint density at radius 3 is 2.35 bits per heavy atom. The van der Waals surface area contributed by atoms with Gasteiger partial charge >= 0.3 is 5.97 Å². The van der Waals surface area contributed by atoms with Gasteiger partial charge in [0, 0.05) is 12.8 Å². The number of hydrogen-bond donors (Lipinski definition) is 0. The van der Waals surface area contributed by atoms with Gasteiger partial charge in [-0.05, 0) is 39.0 Å². The van der Waals surface area contributed by atoms with Crippen LogP contribution in [0, 0.1) is 17.8 Å². The van der Waals surface area contributed by atoms with Crippen molar-refractivity contribution < 1.29 is 19.0 Å². The van der Waals surface area contributed by atoms with Gasteiger partial charge in [0.05, 0.1) is 19.1 Å². The molecule has 1 heterocycles. The number of esters is 1. The Hall–Kier alpha value is -0.610.